The molecule has 1 N–H and O–H groups in total. The van der Waals surface area contributed by atoms with Gasteiger partial charge in [-0.15, -0.1) is 0 Å². The molecule has 3 rings (SSSR count). The number of aromatic nitrogens is 1. The van der Waals surface area contributed by atoms with Gasteiger partial charge in [0.2, 0.25) is 5.88 Å². The molecule has 2 aliphatic rings. The normalized spacial score (nSPS) is 31.5. The van der Waals surface area contributed by atoms with E-state index in [1.807, 2.05) is 12.1 Å². The quantitative estimate of drug-likeness (QED) is 0.931. The molecule has 0 amide bonds. The summed E-state index contributed by atoms with van der Waals surface area (Å²) >= 11 is 3.37. The Bertz CT molecular complexity index is 370. The van der Waals surface area contributed by atoms with Crippen LogP contribution in [-0.2, 0) is 0 Å². The highest BCUT2D eigenvalue weighted by Gasteiger charge is 2.33. The van der Waals surface area contributed by atoms with Crippen LogP contribution in [0.2, 0.25) is 0 Å². The molecule has 1 aromatic rings. The van der Waals surface area contributed by atoms with Crippen molar-refractivity contribution in [3.8, 4) is 5.88 Å². The number of piperidine rings is 1. The van der Waals surface area contributed by atoms with E-state index in [4.69, 9.17) is 4.74 Å². The van der Waals surface area contributed by atoms with E-state index in [2.05, 4.69) is 26.2 Å². The molecule has 2 bridgehead atoms. The van der Waals surface area contributed by atoms with Crippen LogP contribution in [0.15, 0.2) is 22.8 Å². The summed E-state index contributed by atoms with van der Waals surface area (Å²) < 4.78 is 6.76. The van der Waals surface area contributed by atoms with Crippen LogP contribution in [-0.4, -0.2) is 23.7 Å². The van der Waals surface area contributed by atoms with Crippen LogP contribution in [0.4, 0.5) is 0 Å². The highest BCUT2D eigenvalue weighted by atomic mass is 79.9. The lowest BCUT2D eigenvalue weighted by Gasteiger charge is -2.28. The van der Waals surface area contributed by atoms with E-state index >= 15 is 0 Å². The summed E-state index contributed by atoms with van der Waals surface area (Å²) in [4.78, 5) is 4.23. The lowest BCUT2D eigenvalue weighted by molar-refractivity contribution is 0.185. The lowest BCUT2D eigenvalue weighted by Crippen LogP contribution is -2.39. The summed E-state index contributed by atoms with van der Waals surface area (Å²) in [5, 5.41) is 3.65. The maximum absolute atomic E-state index is 5.77. The van der Waals surface area contributed by atoms with Gasteiger partial charge in [0.25, 0.3) is 0 Å². The number of hydrogen-bond donors (Lipinski definition) is 1. The van der Waals surface area contributed by atoms with Crippen molar-refractivity contribution in [1.82, 2.24) is 10.3 Å². The van der Waals surface area contributed by atoms with Gasteiger partial charge in [0.1, 0.15) is 0 Å². The molecule has 0 aromatic carbocycles. The van der Waals surface area contributed by atoms with E-state index in [0.29, 0.717) is 5.92 Å². The Balaban J connectivity index is 1.52. The first kappa shape index (κ1) is 11.5. The molecule has 3 atom stereocenters. The fourth-order valence-electron chi connectivity index (χ4n) is 2.96. The minimum atomic E-state index is 0.694. The maximum atomic E-state index is 5.77. The van der Waals surface area contributed by atoms with Gasteiger partial charge in [-0.25, -0.2) is 4.98 Å². The second kappa shape index (κ2) is 4.94. The number of ether oxygens (including phenoxy) is 1. The number of rotatable bonds is 3. The number of hydrogen-bond acceptors (Lipinski definition) is 3. The van der Waals surface area contributed by atoms with Crippen LogP contribution >= 0.6 is 15.9 Å². The molecule has 2 aliphatic heterocycles. The molecule has 0 spiro atoms. The third kappa shape index (κ3) is 2.80. The standard InChI is InChI=1S/C13H17BrN2O/c14-10-1-4-13(15-7-10)17-8-9-5-11-2-3-12(6-9)16-11/h1,4,7,9,11-12,16H,2-3,5-6,8H2/t9-,11-,12+. The molecule has 0 radical (unpaired) electrons. The van der Waals surface area contributed by atoms with E-state index in [9.17, 15) is 0 Å². The van der Waals surface area contributed by atoms with Gasteiger partial charge >= 0.3 is 0 Å². The Morgan fingerprint density at radius 2 is 2.06 bits per heavy atom. The summed E-state index contributed by atoms with van der Waals surface area (Å²) in [6.45, 7) is 0.809. The van der Waals surface area contributed by atoms with E-state index in [0.717, 1.165) is 29.0 Å². The van der Waals surface area contributed by atoms with Crippen molar-refractivity contribution < 1.29 is 4.74 Å². The van der Waals surface area contributed by atoms with Gasteiger partial charge in [-0.3, -0.25) is 0 Å². The second-order valence-corrected chi connectivity index (χ2v) is 6.02. The molecule has 4 heteroatoms. The third-order valence-corrected chi connectivity index (χ3v) is 4.21. The highest BCUT2D eigenvalue weighted by molar-refractivity contribution is 9.10. The van der Waals surface area contributed by atoms with E-state index in [-0.39, 0.29) is 0 Å². The molecule has 2 saturated heterocycles. The SMILES string of the molecule is Brc1ccc(OC[C@@H]2C[C@H]3CC[C@@H](C2)N3)nc1. The van der Waals surface area contributed by atoms with E-state index < -0.39 is 0 Å². The first-order chi connectivity index (χ1) is 8.29. The Labute approximate surface area is 110 Å². The number of halogens is 1. The summed E-state index contributed by atoms with van der Waals surface area (Å²) in [6.07, 6.45) is 6.98. The van der Waals surface area contributed by atoms with Gasteiger partial charge in [0, 0.05) is 28.8 Å². The number of fused-ring (bicyclic) bond motifs is 2. The average molecular weight is 297 g/mol. The Hall–Kier alpha value is -0.610. The fraction of sp³-hybridized carbons (Fsp3) is 0.615. The molecule has 1 aromatic heterocycles. The van der Waals surface area contributed by atoms with E-state index in [1.54, 1.807) is 6.20 Å². The van der Waals surface area contributed by atoms with Gasteiger partial charge in [0.15, 0.2) is 0 Å². The molecule has 2 fully saturated rings. The van der Waals surface area contributed by atoms with Gasteiger partial charge in [-0.05, 0) is 53.6 Å². The first-order valence-electron chi connectivity index (χ1n) is 6.30. The number of nitrogens with one attached hydrogen (secondary N) is 1. The zero-order valence-corrected chi connectivity index (χ0v) is 11.3. The smallest absolute Gasteiger partial charge is 0.213 e. The van der Waals surface area contributed by atoms with Crippen molar-refractivity contribution in [2.75, 3.05) is 6.61 Å². The van der Waals surface area contributed by atoms with Crippen LogP contribution < -0.4 is 10.1 Å². The zero-order chi connectivity index (χ0) is 11.7. The van der Waals surface area contributed by atoms with Gasteiger partial charge < -0.3 is 10.1 Å². The summed E-state index contributed by atoms with van der Waals surface area (Å²) in [5.74, 6) is 1.43. The highest BCUT2D eigenvalue weighted by Crippen LogP contribution is 2.31. The van der Waals surface area contributed by atoms with Crippen LogP contribution in [0.3, 0.4) is 0 Å². The number of pyridine rings is 1. The topological polar surface area (TPSA) is 34.1 Å². The van der Waals surface area contributed by atoms with Crippen LogP contribution in [0.25, 0.3) is 0 Å². The Morgan fingerprint density at radius 1 is 1.29 bits per heavy atom. The van der Waals surface area contributed by atoms with Crippen LogP contribution in [0.5, 0.6) is 5.88 Å². The van der Waals surface area contributed by atoms with Gasteiger partial charge in [0.05, 0.1) is 6.61 Å². The van der Waals surface area contributed by atoms with Crippen molar-refractivity contribution in [1.29, 1.82) is 0 Å². The molecular weight excluding hydrogens is 280 g/mol. The van der Waals surface area contributed by atoms with Crippen molar-refractivity contribution in [3.63, 3.8) is 0 Å². The zero-order valence-electron chi connectivity index (χ0n) is 9.73. The minimum absolute atomic E-state index is 0.694. The molecule has 0 aliphatic carbocycles. The summed E-state index contributed by atoms with van der Waals surface area (Å²) in [5.41, 5.74) is 0. The first-order valence-corrected chi connectivity index (χ1v) is 7.09. The molecule has 3 heterocycles. The average Bonchev–Trinajstić information content (AvgIpc) is 2.68. The monoisotopic (exact) mass is 296 g/mol. The lowest BCUT2D eigenvalue weighted by atomic mass is 9.93. The fourth-order valence-corrected chi connectivity index (χ4v) is 3.20. The molecule has 0 unspecified atom stereocenters. The van der Waals surface area contributed by atoms with Crippen molar-refractivity contribution in [3.05, 3.63) is 22.8 Å². The Kier molecular flexibility index (Phi) is 3.34. The Morgan fingerprint density at radius 3 is 2.71 bits per heavy atom. The summed E-state index contributed by atoms with van der Waals surface area (Å²) in [6, 6.07) is 5.36. The third-order valence-electron chi connectivity index (χ3n) is 3.74. The predicted octanol–water partition coefficient (Wildman–Crippen LogP) is 2.75. The molecule has 17 heavy (non-hydrogen) atoms. The van der Waals surface area contributed by atoms with Gasteiger partial charge in [-0.2, -0.15) is 0 Å². The molecule has 3 nitrogen and oxygen atoms in total. The molecular formula is C13H17BrN2O. The van der Waals surface area contributed by atoms with Crippen LogP contribution in [0.1, 0.15) is 25.7 Å². The van der Waals surface area contributed by atoms with Crippen molar-refractivity contribution in [2.24, 2.45) is 5.92 Å². The molecule has 0 saturated carbocycles. The largest absolute Gasteiger partial charge is 0.477 e. The van der Waals surface area contributed by atoms with E-state index in [1.165, 1.54) is 25.7 Å². The minimum Gasteiger partial charge on any atom is -0.477 e. The van der Waals surface area contributed by atoms with Crippen molar-refractivity contribution >= 4 is 15.9 Å². The maximum Gasteiger partial charge on any atom is 0.213 e. The molecule has 92 valence electrons. The number of nitrogens with zero attached hydrogens (tertiary/aromatic N) is 1. The second-order valence-electron chi connectivity index (χ2n) is 5.10. The van der Waals surface area contributed by atoms with Crippen molar-refractivity contribution in [2.45, 2.75) is 37.8 Å². The van der Waals surface area contributed by atoms with Crippen LogP contribution in [0, 0.1) is 5.92 Å². The summed E-state index contributed by atoms with van der Waals surface area (Å²) in [7, 11) is 0. The predicted molar refractivity (Wildman–Crippen MR) is 70.1 cm³/mol. The van der Waals surface area contributed by atoms with Gasteiger partial charge in [-0.1, -0.05) is 0 Å².